The number of ether oxygens (including phenoxy) is 1. The second kappa shape index (κ2) is 6.28. The Morgan fingerprint density at radius 1 is 0.900 bits per heavy atom. The van der Waals surface area contributed by atoms with Gasteiger partial charge in [0.15, 0.2) is 0 Å². The van der Waals surface area contributed by atoms with Crippen LogP contribution in [0.3, 0.4) is 0 Å². The Morgan fingerprint density at radius 3 is 1.80 bits per heavy atom. The third-order valence-electron chi connectivity index (χ3n) is 5.95. The summed E-state index contributed by atoms with van der Waals surface area (Å²) in [4.78, 5) is 24.3. The van der Waals surface area contributed by atoms with E-state index in [1.807, 2.05) is 0 Å². The van der Waals surface area contributed by atoms with Crippen molar-refractivity contribution in [3.05, 3.63) is 0 Å². The molecule has 0 aromatic heterocycles. The molecule has 1 rings (SSSR count). The summed E-state index contributed by atoms with van der Waals surface area (Å²) in [5, 5.41) is 0. The van der Waals surface area contributed by atoms with Gasteiger partial charge < -0.3 is 4.74 Å². The molecule has 1 aliphatic heterocycles. The van der Waals surface area contributed by atoms with E-state index in [2.05, 4.69) is 41.5 Å². The van der Waals surface area contributed by atoms with Crippen LogP contribution in [0.1, 0.15) is 73.6 Å². The topological polar surface area (TPSA) is 43.4 Å². The highest BCUT2D eigenvalue weighted by Crippen LogP contribution is 2.48. The van der Waals surface area contributed by atoms with Crippen LogP contribution in [0, 0.1) is 22.7 Å². The lowest BCUT2D eigenvalue weighted by atomic mass is 9.64. The summed E-state index contributed by atoms with van der Waals surface area (Å²) in [6.45, 7) is 12.8. The minimum atomic E-state index is -0.305. The average molecular weight is 282 g/mol. The molecule has 1 heterocycles. The Morgan fingerprint density at radius 2 is 1.40 bits per heavy atom. The van der Waals surface area contributed by atoms with Crippen LogP contribution in [0.25, 0.3) is 0 Å². The molecular formula is C17H30O3. The molecule has 1 aliphatic rings. The van der Waals surface area contributed by atoms with Crippen molar-refractivity contribution in [1.82, 2.24) is 0 Å². The molecular weight excluding hydrogens is 252 g/mol. The van der Waals surface area contributed by atoms with Crippen molar-refractivity contribution in [2.24, 2.45) is 22.7 Å². The van der Waals surface area contributed by atoms with E-state index in [9.17, 15) is 9.59 Å². The second-order valence-corrected chi connectivity index (χ2v) is 6.91. The van der Waals surface area contributed by atoms with Crippen LogP contribution in [0.5, 0.6) is 0 Å². The molecule has 20 heavy (non-hydrogen) atoms. The fourth-order valence-electron chi connectivity index (χ4n) is 3.27. The lowest BCUT2D eigenvalue weighted by Gasteiger charge is -2.37. The van der Waals surface area contributed by atoms with Crippen LogP contribution in [-0.4, -0.2) is 11.9 Å². The molecule has 1 saturated heterocycles. The molecule has 116 valence electrons. The van der Waals surface area contributed by atoms with Crippen molar-refractivity contribution >= 4 is 11.9 Å². The van der Waals surface area contributed by atoms with Gasteiger partial charge in [-0.1, -0.05) is 54.4 Å². The molecule has 0 saturated carbocycles. The first-order chi connectivity index (χ1) is 9.26. The maximum atomic E-state index is 12.2. The molecule has 0 spiro atoms. The first kappa shape index (κ1) is 17.2. The summed E-state index contributed by atoms with van der Waals surface area (Å²) in [5.74, 6) is -1.15. The van der Waals surface area contributed by atoms with E-state index in [0.717, 1.165) is 32.1 Å². The lowest BCUT2D eigenvalue weighted by molar-refractivity contribution is -0.154. The van der Waals surface area contributed by atoms with E-state index >= 15 is 0 Å². The van der Waals surface area contributed by atoms with Crippen molar-refractivity contribution in [1.29, 1.82) is 0 Å². The third-order valence-corrected chi connectivity index (χ3v) is 5.95. The Balaban J connectivity index is 3.08. The maximum Gasteiger partial charge on any atom is 0.318 e. The highest BCUT2D eigenvalue weighted by atomic mass is 16.6. The highest BCUT2D eigenvalue weighted by molar-refractivity contribution is 5.96. The Labute approximate surface area is 123 Å². The van der Waals surface area contributed by atoms with Crippen molar-refractivity contribution < 1.29 is 14.3 Å². The second-order valence-electron chi connectivity index (χ2n) is 6.91. The van der Waals surface area contributed by atoms with E-state index in [0.29, 0.717) is 0 Å². The molecule has 0 radical (unpaired) electrons. The van der Waals surface area contributed by atoms with Crippen molar-refractivity contribution in [2.75, 3.05) is 0 Å². The predicted octanol–water partition coefficient (Wildman–Crippen LogP) is 4.34. The summed E-state index contributed by atoms with van der Waals surface area (Å²) in [6.07, 6.45) is 4.57. The summed E-state index contributed by atoms with van der Waals surface area (Å²) in [7, 11) is 0. The molecule has 0 aromatic rings. The lowest BCUT2D eigenvalue weighted by Crippen LogP contribution is -2.37. The Bertz CT molecular complexity index is 364. The van der Waals surface area contributed by atoms with Gasteiger partial charge in [0, 0.05) is 0 Å². The SMILES string of the molecule is CCC(C)(CC)CC1C(=O)OC(=O)C1C(C)(CC)CC. The smallest absolute Gasteiger partial charge is 0.318 e. The molecule has 1 fully saturated rings. The molecule has 0 amide bonds. The normalized spacial score (nSPS) is 24.1. The first-order valence-corrected chi connectivity index (χ1v) is 8.02. The van der Waals surface area contributed by atoms with Crippen molar-refractivity contribution in [2.45, 2.75) is 73.6 Å². The van der Waals surface area contributed by atoms with Crippen LogP contribution in [0.4, 0.5) is 0 Å². The number of esters is 2. The number of carbonyl (C=O) groups is 2. The van der Waals surface area contributed by atoms with E-state index in [-0.39, 0.29) is 34.6 Å². The molecule has 3 heteroatoms. The highest BCUT2D eigenvalue weighted by Gasteiger charge is 2.53. The predicted molar refractivity (Wildman–Crippen MR) is 80.1 cm³/mol. The number of hydrogen-bond acceptors (Lipinski definition) is 3. The fourth-order valence-corrected chi connectivity index (χ4v) is 3.27. The van der Waals surface area contributed by atoms with E-state index < -0.39 is 0 Å². The summed E-state index contributed by atoms with van der Waals surface area (Å²) < 4.78 is 4.99. The largest absolute Gasteiger partial charge is 0.393 e. The zero-order valence-corrected chi connectivity index (χ0v) is 13.9. The molecule has 2 atom stereocenters. The van der Waals surface area contributed by atoms with Crippen LogP contribution in [-0.2, 0) is 14.3 Å². The van der Waals surface area contributed by atoms with Gasteiger partial charge in [-0.05, 0) is 30.1 Å². The fraction of sp³-hybridized carbons (Fsp3) is 0.882. The van der Waals surface area contributed by atoms with Gasteiger partial charge in [-0.25, -0.2) is 0 Å². The van der Waals surface area contributed by atoms with Gasteiger partial charge >= 0.3 is 11.9 Å². The number of cyclic esters (lactones) is 2. The average Bonchev–Trinajstić information content (AvgIpc) is 2.72. The first-order valence-electron chi connectivity index (χ1n) is 8.02. The summed E-state index contributed by atoms with van der Waals surface area (Å²) in [6, 6.07) is 0. The van der Waals surface area contributed by atoms with E-state index in [1.165, 1.54) is 0 Å². The quantitative estimate of drug-likeness (QED) is 0.515. The molecule has 0 aliphatic carbocycles. The van der Waals surface area contributed by atoms with Gasteiger partial charge in [0.05, 0.1) is 11.8 Å². The van der Waals surface area contributed by atoms with E-state index in [4.69, 9.17) is 4.74 Å². The minimum Gasteiger partial charge on any atom is -0.393 e. The molecule has 0 bridgehead atoms. The zero-order valence-electron chi connectivity index (χ0n) is 13.9. The summed E-state index contributed by atoms with van der Waals surface area (Å²) in [5.41, 5.74) is -0.0365. The minimum absolute atomic E-state index is 0.106. The zero-order chi connectivity index (χ0) is 15.6. The van der Waals surface area contributed by atoms with Gasteiger partial charge in [-0.2, -0.15) is 0 Å². The number of hydrogen-bond donors (Lipinski definition) is 0. The molecule has 3 nitrogen and oxygen atoms in total. The summed E-state index contributed by atoms with van der Waals surface area (Å²) >= 11 is 0. The molecule has 0 N–H and O–H groups in total. The van der Waals surface area contributed by atoms with Gasteiger partial charge in [-0.3, -0.25) is 9.59 Å². The van der Waals surface area contributed by atoms with Crippen LogP contribution >= 0.6 is 0 Å². The van der Waals surface area contributed by atoms with Gasteiger partial charge in [0.2, 0.25) is 0 Å². The molecule has 2 unspecified atom stereocenters. The van der Waals surface area contributed by atoms with Crippen LogP contribution in [0.2, 0.25) is 0 Å². The molecule has 0 aromatic carbocycles. The number of carbonyl (C=O) groups excluding carboxylic acids is 2. The van der Waals surface area contributed by atoms with Crippen LogP contribution < -0.4 is 0 Å². The van der Waals surface area contributed by atoms with Gasteiger partial charge in [0.1, 0.15) is 0 Å². The van der Waals surface area contributed by atoms with Gasteiger partial charge in [0.25, 0.3) is 0 Å². The van der Waals surface area contributed by atoms with Gasteiger partial charge in [-0.15, -0.1) is 0 Å². The van der Waals surface area contributed by atoms with Crippen molar-refractivity contribution in [3.63, 3.8) is 0 Å². The standard InChI is InChI=1S/C17H30O3/c1-7-16(5,8-2)11-12-13(15(19)20-14(12)18)17(6,9-3)10-4/h12-13H,7-11H2,1-6H3. The monoisotopic (exact) mass is 282 g/mol. The third kappa shape index (κ3) is 3.07. The van der Waals surface area contributed by atoms with E-state index in [1.54, 1.807) is 0 Å². The Kier molecular flexibility index (Phi) is 5.39. The maximum absolute atomic E-state index is 12.2. The Hall–Kier alpha value is -0.860. The number of rotatable bonds is 7. The van der Waals surface area contributed by atoms with Crippen molar-refractivity contribution in [3.8, 4) is 0 Å². The van der Waals surface area contributed by atoms with Crippen LogP contribution in [0.15, 0.2) is 0 Å².